The lowest BCUT2D eigenvalue weighted by Crippen LogP contribution is -2.56. The molecule has 7 rings (SSSR count). The van der Waals surface area contributed by atoms with Crippen molar-refractivity contribution in [3.63, 3.8) is 0 Å². The fourth-order valence-electron chi connectivity index (χ4n) is 8.11. The Labute approximate surface area is 209 Å². The van der Waals surface area contributed by atoms with Crippen LogP contribution >= 0.6 is 17.2 Å². The number of aromatic amines is 2. The van der Waals surface area contributed by atoms with Gasteiger partial charge in [0.25, 0.3) is 0 Å². The molecule has 1 aromatic carbocycles. The largest absolute Gasteiger partial charge is 0.361 e. The second-order valence-corrected chi connectivity index (χ2v) is 15.0. The van der Waals surface area contributed by atoms with Gasteiger partial charge in [0.15, 0.2) is 0 Å². The molecule has 4 fully saturated rings. The van der Waals surface area contributed by atoms with Gasteiger partial charge in [-0.1, -0.05) is 39.0 Å². The van der Waals surface area contributed by atoms with E-state index in [9.17, 15) is 0 Å². The maximum atomic E-state index is 3.57. The zero-order chi connectivity index (χ0) is 23.5. The van der Waals surface area contributed by atoms with Gasteiger partial charge in [-0.3, -0.25) is 0 Å². The Morgan fingerprint density at radius 1 is 0.941 bits per heavy atom. The Bertz CT molecular complexity index is 1080. The van der Waals surface area contributed by atoms with Gasteiger partial charge in [0.2, 0.25) is 0 Å². The van der Waals surface area contributed by atoms with Gasteiger partial charge < -0.3 is 9.97 Å². The highest BCUT2D eigenvalue weighted by Gasteiger charge is 2.57. The fraction of sp³-hybridized carbons (Fsp3) is 0.533. The summed E-state index contributed by atoms with van der Waals surface area (Å²) in [5.74, 6) is 3.67. The SMILES string of the molecule is CC(C)(C)c1ccc(C23CC4CC(CC(C4)C2CP)C3)c(CP(c2ccc[nH]2)c2ccc[nH]2)c1. The third kappa shape index (κ3) is 3.85. The molecule has 4 atom stereocenters. The average Bonchev–Trinajstić information content (AvgIpc) is 3.51. The number of rotatable bonds is 6. The minimum absolute atomic E-state index is 0.163. The summed E-state index contributed by atoms with van der Waals surface area (Å²) in [5.41, 5.74) is 8.10. The van der Waals surface area contributed by atoms with Crippen LogP contribution in [0.15, 0.2) is 54.9 Å². The van der Waals surface area contributed by atoms with Crippen LogP contribution in [0.1, 0.15) is 69.6 Å². The first-order chi connectivity index (χ1) is 16.4. The van der Waals surface area contributed by atoms with Crippen molar-refractivity contribution in [1.29, 1.82) is 0 Å². The molecule has 0 spiro atoms. The summed E-state index contributed by atoms with van der Waals surface area (Å²) in [4.78, 5) is 7.14. The van der Waals surface area contributed by atoms with E-state index in [1.54, 1.807) is 11.1 Å². The molecular weight excluding hydrogens is 450 g/mol. The van der Waals surface area contributed by atoms with E-state index in [4.69, 9.17) is 0 Å². The smallest absolute Gasteiger partial charge is 0.0448 e. The van der Waals surface area contributed by atoms with Gasteiger partial charge in [-0.25, -0.2) is 0 Å². The van der Waals surface area contributed by atoms with Crippen LogP contribution in [0.25, 0.3) is 0 Å². The number of hydrogen-bond donors (Lipinski definition) is 2. The van der Waals surface area contributed by atoms with E-state index >= 15 is 0 Å². The lowest BCUT2D eigenvalue weighted by atomic mass is 9.43. The van der Waals surface area contributed by atoms with Gasteiger partial charge in [-0.15, -0.1) is 9.24 Å². The maximum Gasteiger partial charge on any atom is 0.0448 e. The van der Waals surface area contributed by atoms with Gasteiger partial charge in [0.05, 0.1) is 0 Å². The van der Waals surface area contributed by atoms with Crippen LogP contribution in [0.3, 0.4) is 0 Å². The third-order valence-electron chi connectivity index (χ3n) is 9.36. The predicted molar refractivity (Wildman–Crippen MR) is 150 cm³/mol. The van der Waals surface area contributed by atoms with Crippen LogP contribution in [-0.2, 0) is 17.0 Å². The summed E-state index contributed by atoms with van der Waals surface area (Å²) in [5, 5.41) is 0. The van der Waals surface area contributed by atoms with Crippen molar-refractivity contribution in [3.8, 4) is 0 Å². The van der Waals surface area contributed by atoms with E-state index in [0.717, 1.165) is 29.8 Å². The molecule has 4 bridgehead atoms. The van der Waals surface area contributed by atoms with E-state index < -0.39 is 7.92 Å². The van der Waals surface area contributed by atoms with Gasteiger partial charge in [-0.2, -0.15) is 0 Å². The third-order valence-corrected chi connectivity index (χ3v) is 12.2. The van der Waals surface area contributed by atoms with Gasteiger partial charge in [0.1, 0.15) is 0 Å². The first-order valence-corrected chi connectivity index (χ1v) is 15.6. The highest BCUT2D eigenvalue weighted by atomic mass is 31.1. The van der Waals surface area contributed by atoms with Crippen molar-refractivity contribution in [2.75, 3.05) is 6.16 Å². The monoisotopic (exact) mass is 490 g/mol. The molecule has 0 radical (unpaired) electrons. The minimum Gasteiger partial charge on any atom is -0.361 e. The minimum atomic E-state index is -0.494. The highest BCUT2D eigenvalue weighted by molar-refractivity contribution is 7.71. The molecule has 34 heavy (non-hydrogen) atoms. The van der Waals surface area contributed by atoms with Crippen molar-refractivity contribution in [2.24, 2.45) is 23.7 Å². The molecule has 2 aromatic heterocycles. The molecule has 4 heteroatoms. The van der Waals surface area contributed by atoms with E-state index in [-0.39, 0.29) is 5.41 Å². The number of H-pyrrole nitrogens is 2. The summed E-state index contributed by atoms with van der Waals surface area (Å²) < 4.78 is 0. The van der Waals surface area contributed by atoms with E-state index in [0.29, 0.717) is 5.41 Å². The number of aromatic nitrogens is 2. The standard InChI is InChI=1S/C30H40N2P2/c1-29(2,3)24-8-9-25(30-16-20-12-21(17-30)14-22(13-20)26(30)18-33)23(15-24)19-34(27-6-4-10-31-27)28-7-5-11-32-28/h4-11,15,20-22,26,31-32H,12-14,16-19,33H2,1-3H3. The zero-order valence-corrected chi connectivity index (χ0v) is 23.0. The first kappa shape index (κ1) is 23.1. The molecule has 2 heterocycles. The van der Waals surface area contributed by atoms with Gasteiger partial charge in [-0.05, 0) is 122 Å². The molecule has 4 saturated carbocycles. The predicted octanol–water partition coefficient (Wildman–Crippen LogP) is 6.84. The quantitative estimate of drug-likeness (QED) is 0.355. The number of hydrogen-bond acceptors (Lipinski definition) is 0. The molecule has 0 amide bonds. The molecular formula is C30H40N2P2. The molecule has 4 aliphatic carbocycles. The van der Waals surface area contributed by atoms with Crippen LogP contribution in [0.4, 0.5) is 0 Å². The summed E-state index contributed by atoms with van der Waals surface area (Å²) in [7, 11) is 2.66. The van der Waals surface area contributed by atoms with Gasteiger partial charge in [0, 0.05) is 29.4 Å². The normalized spacial score (nSPS) is 30.4. The molecule has 3 aromatic rings. The summed E-state index contributed by atoms with van der Waals surface area (Å²) in [6, 6.07) is 16.6. The van der Waals surface area contributed by atoms with Crippen molar-refractivity contribution in [1.82, 2.24) is 9.97 Å². The molecule has 0 aliphatic heterocycles. The second kappa shape index (κ2) is 8.64. The average molecular weight is 491 g/mol. The van der Waals surface area contributed by atoms with Crippen molar-refractivity contribution >= 4 is 28.0 Å². The zero-order valence-electron chi connectivity index (χ0n) is 21.0. The number of nitrogens with one attached hydrogen (secondary N) is 2. The van der Waals surface area contributed by atoms with Crippen LogP contribution in [-0.4, -0.2) is 16.1 Å². The molecule has 2 nitrogen and oxygen atoms in total. The summed E-state index contributed by atoms with van der Waals surface area (Å²) in [6.07, 6.45) is 13.9. The molecule has 2 N–H and O–H groups in total. The first-order valence-electron chi connectivity index (χ1n) is 13.3. The van der Waals surface area contributed by atoms with Crippen LogP contribution in [0.5, 0.6) is 0 Å². The van der Waals surface area contributed by atoms with Crippen molar-refractivity contribution in [2.45, 2.75) is 69.9 Å². The van der Waals surface area contributed by atoms with Crippen molar-refractivity contribution < 1.29 is 0 Å². The molecule has 4 aliphatic rings. The van der Waals surface area contributed by atoms with Crippen LogP contribution in [0.2, 0.25) is 0 Å². The Morgan fingerprint density at radius 2 is 1.59 bits per heavy atom. The fourth-order valence-corrected chi connectivity index (χ4v) is 11.1. The van der Waals surface area contributed by atoms with E-state index in [2.05, 4.69) is 94.8 Å². The Balaban J connectivity index is 1.49. The lowest BCUT2D eigenvalue weighted by Gasteiger charge is -2.62. The van der Waals surface area contributed by atoms with Gasteiger partial charge >= 0.3 is 0 Å². The lowest BCUT2D eigenvalue weighted by molar-refractivity contribution is -0.0520. The molecule has 4 unspecified atom stereocenters. The molecule has 0 saturated heterocycles. The maximum absolute atomic E-state index is 3.57. The van der Waals surface area contributed by atoms with Crippen LogP contribution in [0, 0.1) is 23.7 Å². The Kier molecular flexibility index (Phi) is 5.86. The van der Waals surface area contributed by atoms with Crippen molar-refractivity contribution in [3.05, 3.63) is 71.5 Å². The highest BCUT2D eigenvalue weighted by Crippen LogP contribution is 2.64. The number of benzene rings is 1. The Morgan fingerprint density at radius 3 is 2.12 bits per heavy atom. The topological polar surface area (TPSA) is 31.6 Å². The van der Waals surface area contributed by atoms with Crippen LogP contribution < -0.4 is 10.9 Å². The summed E-state index contributed by atoms with van der Waals surface area (Å²) in [6.45, 7) is 7.09. The van der Waals surface area contributed by atoms with E-state index in [1.165, 1.54) is 54.7 Å². The van der Waals surface area contributed by atoms with E-state index in [1.807, 2.05) is 0 Å². The Hall–Kier alpha value is -1.36. The molecule has 180 valence electrons. The second-order valence-electron chi connectivity index (χ2n) is 12.4. The summed E-state index contributed by atoms with van der Waals surface area (Å²) >= 11 is 0.